The first-order chi connectivity index (χ1) is 25.1. The number of nitrogens with zero attached hydrogens (tertiary/aromatic N) is 2. The largest absolute Gasteiger partial charge is 0.455 e. The Morgan fingerprint density at radius 3 is 2.46 bits per heavy atom. The molecule has 3 amide bonds. The van der Waals surface area contributed by atoms with E-state index in [0.29, 0.717) is 44.1 Å². The van der Waals surface area contributed by atoms with Crippen molar-refractivity contribution >= 4 is 29.4 Å². The minimum Gasteiger partial charge on any atom is -0.455 e. The minimum atomic E-state index is -1.23. The van der Waals surface area contributed by atoms with Crippen LogP contribution in [-0.2, 0) is 33.4 Å². The molecule has 1 spiro atoms. The number of rotatable bonds is 19. The summed E-state index contributed by atoms with van der Waals surface area (Å²) >= 11 is 0. The maximum Gasteiger partial charge on any atom is 0.313 e. The van der Waals surface area contributed by atoms with Crippen molar-refractivity contribution in [2.45, 2.75) is 88.7 Å². The molecule has 5 rings (SSSR count). The summed E-state index contributed by atoms with van der Waals surface area (Å²) in [7, 11) is 1.51. The lowest BCUT2D eigenvalue weighted by Crippen LogP contribution is -2.56. The van der Waals surface area contributed by atoms with Crippen LogP contribution in [0.25, 0.3) is 0 Å². The highest BCUT2D eigenvalue weighted by atomic mass is 16.6. The molecule has 2 bridgehead atoms. The van der Waals surface area contributed by atoms with E-state index in [1.807, 2.05) is 62.4 Å². The van der Waals surface area contributed by atoms with Gasteiger partial charge in [0.25, 0.3) is 5.91 Å². The molecule has 0 aliphatic carbocycles. The predicted molar refractivity (Wildman–Crippen MR) is 197 cm³/mol. The Morgan fingerprint density at radius 1 is 1.08 bits per heavy atom. The number of carbonyl (C=O) groups excluding carboxylic acids is 4. The molecule has 0 unspecified atom stereocenters. The summed E-state index contributed by atoms with van der Waals surface area (Å²) in [6, 6.07) is 13.3. The predicted octanol–water partition coefficient (Wildman–Crippen LogP) is 4.74. The third-order valence-corrected chi connectivity index (χ3v) is 10.7. The minimum absolute atomic E-state index is 0.0304. The summed E-state index contributed by atoms with van der Waals surface area (Å²) < 4.78 is 18.5. The number of ether oxygens (including phenoxy) is 3. The van der Waals surface area contributed by atoms with Crippen molar-refractivity contribution in [3.05, 3.63) is 90.5 Å². The number of aryl methyl sites for hydroxylation is 2. The number of para-hydroxylation sites is 1. The van der Waals surface area contributed by atoms with Crippen LogP contribution in [0.15, 0.2) is 73.8 Å². The number of methoxy groups -OCH3 is 1. The molecule has 3 aliphatic rings. The molecule has 3 fully saturated rings. The van der Waals surface area contributed by atoms with Crippen LogP contribution < -0.4 is 10.2 Å². The maximum atomic E-state index is 15.0. The molecule has 280 valence electrons. The van der Waals surface area contributed by atoms with Crippen LogP contribution in [0.1, 0.15) is 67.7 Å². The molecule has 0 aromatic heterocycles. The highest BCUT2D eigenvalue weighted by Crippen LogP contribution is 2.59. The number of carbonyl (C=O) groups is 4. The van der Waals surface area contributed by atoms with E-state index >= 15 is 0 Å². The number of anilines is 1. The van der Waals surface area contributed by atoms with Crippen LogP contribution >= 0.6 is 0 Å². The van der Waals surface area contributed by atoms with E-state index < -0.39 is 47.7 Å². The van der Waals surface area contributed by atoms with Crippen LogP contribution in [0.3, 0.4) is 0 Å². The zero-order valence-corrected chi connectivity index (χ0v) is 30.6. The molecule has 2 aromatic rings. The van der Waals surface area contributed by atoms with Gasteiger partial charge in [0, 0.05) is 38.9 Å². The summed E-state index contributed by atoms with van der Waals surface area (Å²) in [6.07, 6.45) is 5.21. The van der Waals surface area contributed by atoms with Gasteiger partial charge in [0.2, 0.25) is 11.8 Å². The Morgan fingerprint density at radius 2 is 1.81 bits per heavy atom. The Balaban J connectivity index is 1.51. The van der Waals surface area contributed by atoms with Crippen molar-refractivity contribution < 1.29 is 38.5 Å². The SMILES string of the molecule is C=CCCC(=O)N[C@H](COC)[C@H](OC(=O)[C@@H]1[C@@H]2CC[C@]3(O2)[C@H](C(=O)N(CC=C)c2c(C)cccc2C)N(CCCCCO)C(=O)[C@@H]13)c1ccccc1. The molecule has 0 radical (unpaired) electrons. The molecule has 3 heterocycles. The van der Waals surface area contributed by atoms with Crippen LogP contribution in [0, 0.1) is 25.7 Å². The van der Waals surface area contributed by atoms with Gasteiger partial charge < -0.3 is 34.4 Å². The van der Waals surface area contributed by atoms with Crippen LogP contribution in [-0.4, -0.2) is 90.9 Å². The van der Waals surface area contributed by atoms with Crippen LogP contribution in [0.2, 0.25) is 0 Å². The van der Waals surface area contributed by atoms with Gasteiger partial charge in [-0.1, -0.05) is 60.7 Å². The van der Waals surface area contributed by atoms with Gasteiger partial charge in [-0.15, -0.1) is 13.2 Å². The molecule has 11 heteroatoms. The van der Waals surface area contributed by atoms with Gasteiger partial charge in [0.15, 0.2) is 0 Å². The Kier molecular flexibility index (Phi) is 13.1. The number of unbranched alkanes of at least 4 members (excludes halogenated alkanes) is 2. The van der Waals surface area contributed by atoms with Gasteiger partial charge in [-0.05, 0) is 69.1 Å². The van der Waals surface area contributed by atoms with Gasteiger partial charge >= 0.3 is 5.97 Å². The van der Waals surface area contributed by atoms with Crippen molar-refractivity contribution in [2.24, 2.45) is 11.8 Å². The normalized spacial score (nSPS) is 24.2. The molecule has 52 heavy (non-hydrogen) atoms. The van der Waals surface area contributed by atoms with E-state index in [1.54, 1.807) is 22.0 Å². The van der Waals surface area contributed by atoms with Crippen molar-refractivity contribution in [3.63, 3.8) is 0 Å². The molecule has 3 aliphatic heterocycles. The topological polar surface area (TPSA) is 135 Å². The fourth-order valence-electron chi connectivity index (χ4n) is 8.44. The number of likely N-dealkylation sites (tertiary alicyclic amines) is 1. The smallest absolute Gasteiger partial charge is 0.313 e. The van der Waals surface area contributed by atoms with E-state index in [4.69, 9.17) is 14.2 Å². The molecule has 0 saturated carbocycles. The van der Waals surface area contributed by atoms with Crippen molar-refractivity contribution in [3.8, 4) is 0 Å². The zero-order chi connectivity index (χ0) is 37.4. The molecule has 7 atom stereocenters. The van der Waals surface area contributed by atoms with Crippen molar-refractivity contribution in [2.75, 3.05) is 38.3 Å². The average Bonchev–Trinajstić information content (AvgIpc) is 3.78. The van der Waals surface area contributed by atoms with E-state index in [9.17, 15) is 24.3 Å². The first kappa shape index (κ1) is 38.9. The lowest BCUT2D eigenvalue weighted by molar-refractivity contribution is -0.163. The standard InChI is InChI=1S/C41H53N3O8/c1-6-8-20-32(46)42-30(26-50-5)36(29-18-11-9-12-19-29)51-40(49)33-31-21-22-41(52-31)34(33)38(47)44(24-13-10-14-25-45)37(41)39(48)43(23-7-2)35-27(3)16-15-17-28(35)4/h6-7,9,11-12,15-19,30-31,33-34,36-37,45H,1-2,8,10,13-14,20-26H2,3-5H3,(H,42,46)/t30-,31+,33-,34-,36-,37+,41-/m1/s1. The van der Waals surface area contributed by atoms with Crippen LogP contribution in [0.5, 0.6) is 0 Å². The quantitative estimate of drug-likeness (QED) is 0.121. The van der Waals surface area contributed by atoms with E-state index in [2.05, 4.69) is 18.5 Å². The van der Waals surface area contributed by atoms with Crippen molar-refractivity contribution in [1.82, 2.24) is 10.2 Å². The monoisotopic (exact) mass is 715 g/mol. The highest BCUT2D eigenvalue weighted by Gasteiger charge is 2.75. The lowest BCUT2D eigenvalue weighted by Gasteiger charge is -2.37. The summed E-state index contributed by atoms with van der Waals surface area (Å²) in [5.74, 6) is -3.35. The van der Waals surface area contributed by atoms with Gasteiger partial charge in [-0.25, -0.2) is 0 Å². The van der Waals surface area contributed by atoms with E-state index in [-0.39, 0.29) is 50.4 Å². The Hall–Kier alpha value is -4.32. The Labute approximate surface area is 307 Å². The number of hydrogen-bond acceptors (Lipinski definition) is 8. The lowest BCUT2D eigenvalue weighted by atomic mass is 9.70. The molecule has 2 N–H and O–H groups in total. The molecular formula is C41H53N3O8. The van der Waals surface area contributed by atoms with Gasteiger partial charge in [0.05, 0.1) is 30.6 Å². The number of aliphatic hydroxyl groups excluding tert-OH is 1. The third-order valence-electron chi connectivity index (χ3n) is 10.7. The van der Waals surface area contributed by atoms with Gasteiger partial charge in [-0.3, -0.25) is 19.2 Å². The van der Waals surface area contributed by atoms with Crippen molar-refractivity contribution in [1.29, 1.82) is 0 Å². The Bertz CT molecular complexity index is 1590. The maximum absolute atomic E-state index is 15.0. The number of aliphatic hydroxyl groups is 1. The van der Waals surface area contributed by atoms with Gasteiger partial charge in [0.1, 0.15) is 17.7 Å². The second-order valence-corrected chi connectivity index (χ2v) is 14.1. The second kappa shape index (κ2) is 17.5. The zero-order valence-electron chi connectivity index (χ0n) is 30.6. The number of nitrogens with one attached hydrogen (secondary N) is 1. The highest BCUT2D eigenvalue weighted by molar-refractivity contribution is 6.05. The summed E-state index contributed by atoms with van der Waals surface area (Å²) in [5.41, 5.74) is 2.01. The van der Waals surface area contributed by atoms with Crippen LogP contribution in [0.4, 0.5) is 5.69 Å². The molecule has 11 nitrogen and oxygen atoms in total. The third kappa shape index (κ3) is 7.72. The van der Waals surface area contributed by atoms with E-state index in [1.165, 1.54) is 7.11 Å². The number of benzene rings is 2. The van der Waals surface area contributed by atoms with E-state index in [0.717, 1.165) is 16.8 Å². The second-order valence-electron chi connectivity index (χ2n) is 14.1. The number of hydrogen-bond donors (Lipinski definition) is 2. The molecule has 2 aromatic carbocycles. The average molecular weight is 716 g/mol. The number of allylic oxidation sites excluding steroid dienone is 1. The van der Waals surface area contributed by atoms with Gasteiger partial charge in [-0.2, -0.15) is 0 Å². The molecular weight excluding hydrogens is 662 g/mol. The number of esters is 1. The summed E-state index contributed by atoms with van der Waals surface area (Å²) in [6.45, 7) is 12.1. The summed E-state index contributed by atoms with van der Waals surface area (Å²) in [4.78, 5) is 60.4. The first-order valence-corrected chi connectivity index (χ1v) is 18.4. The molecule has 3 saturated heterocycles. The number of fused-ring (bicyclic) bond motifs is 1. The summed E-state index contributed by atoms with van der Waals surface area (Å²) in [5, 5.41) is 12.4. The fraction of sp³-hybridized carbons (Fsp3) is 0.512. The first-order valence-electron chi connectivity index (χ1n) is 18.4. The fourth-order valence-corrected chi connectivity index (χ4v) is 8.44. The number of amides is 3.